The van der Waals surface area contributed by atoms with Crippen LogP contribution in [0, 0.1) is 0 Å². The molecule has 0 aliphatic carbocycles. The first-order chi connectivity index (χ1) is 16.3. The van der Waals surface area contributed by atoms with E-state index >= 15 is 0 Å². The Morgan fingerprint density at radius 3 is 2.41 bits per heavy atom. The summed E-state index contributed by atoms with van der Waals surface area (Å²) in [7, 11) is 3.48. The number of pyridine rings is 3. The van der Waals surface area contributed by atoms with E-state index in [1.807, 2.05) is 0 Å². The third-order valence-corrected chi connectivity index (χ3v) is 6.36. The molecule has 0 aliphatic heterocycles. The molecule has 0 bridgehead atoms. The monoisotopic (exact) mass is 491 g/mol. The number of halogens is 2. The lowest BCUT2D eigenvalue weighted by Crippen LogP contribution is -2.32. The van der Waals surface area contributed by atoms with Crippen molar-refractivity contribution in [1.29, 1.82) is 0 Å². The number of imidazole rings is 1. The highest BCUT2D eigenvalue weighted by atomic mass is 35.5. The fourth-order valence-electron chi connectivity index (χ4n) is 4.11. The molecule has 5 aromatic rings. The Morgan fingerprint density at radius 1 is 0.971 bits per heavy atom. The molecule has 4 heterocycles. The second kappa shape index (κ2) is 8.36. The maximum atomic E-state index is 12.7. The summed E-state index contributed by atoms with van der Waals surface area (Å²) in [4.78, 5) is 26.1. The quantitative estimate of drug-likeness (QED) is 0.378. The topological polar surface area (TPSA) is 85.8 Å². The molecule has 0 spiro atoms. The highest BCUT2D eigenvalue weighted by molar-refractivity contribution is 6.30. The van der Waals surface area contributed by atoms with Gasteiger partial charge in [0.15, 0.2) is 5.60 Å². The van der Waals surface area contributed by atoms with Gasteiger partial charge in [0.25, 0.3) is 5.56 Å². The minimum atomic E-state index is -1.64. The number of aliphatic hydroxyl groups is 1. The van der Waals surface area contributed by atoms with Crippen molar-refractivity contribution < 1.29 is 5.11 Å². The van der Waals surface area contributed by atoms with Crippen LogP contribution in [0.2, 0.25) is 10.2 Å². The van der Waals surface area contributed by atoms with Gasteiger partial charge in [-0.3, -0.25) is 4.79 Å². The maximum Gasteiger partial charge on any atom is 0.251 e. The van der Waals surface area contributed by atoms with Crippen LogP contribution in [-0.4, -0.2) is 29.2 Å². The number of aromatic nitrogens is 5. The van der Waals surface area contributed by atoms with Crippen molar-refractivity contribution in [1.82, 2.24) is 24.1 Å². The summed E-state index contributed by atoms with van der Waals surface area (Å²) in [6.45, 7) is 0. The van der Waals surface area contributed by atoms with Crippen LogP contribution >= 0.6 is 23.2 Å². The van der Waals surface area contributed by atoms with E-state index in [9.17, 15) is 9.90 Å². The van der Waals surface area contributed by atoms with Crippen molar-refractivity contribution in [3.05, 3.63) is 111 Å². The summed E-state index contributed by atoms with van der Waals surface area (Å²) in [5.74, 6) is 0. The summed E-state index contributed by atoms with van der Waals surface area (Å²) in [6, 6.07) is 17.1. The van der Waals surface area contributed by atoms with Crippen LogP contribution in [0.15, 0.2) is 78.0 Å². The molecule has 1 unspecified atom stereocenters. The first kappa shape index (κ1) is 22.3. The average Bonchev–Trinajstić information content (AvgIpc) is 3.27. The summed E-state index contributed by atoms with van der Waals surface area (Å²) >= 11 is 12.2. The van der Waals surface area contributed by atoms with Gasteiger partial charge in [-0.15, -0.1) is 0 Å². The van der Waals surface area contributed by atoms with Crippen molar-refractivity contribution in [2.24, 2.45) is 14.1 Å². The lowest BCUT2D eigenvalue weighted by Gasteiger charge is -2.29. The van der Waals surface area contributed by atoms with E-state index in [4.69, 9.17) is 28.2 Å². The van der Waals surface area contributed by atoms with Crippen molar-refractivity contribution in [2.45, 2.75) is 5.60 Å². The molecule has 34 heavy (non-hydrogen) atoms. The number of nitrogens with zero attached hydrogens (tertiary/aromatic N) is 5. The Bertz CT molecular complexity index is 1590. The largest absolute Gasteiger partial charge is 0.373 e. The molecule has 1 atom stereocenters. The average molecular weight is 492 g/mol. The number of fused-ring (bicyclic) bond motifs is 1. The minimum Gasteiger partial charge on any atom is -0.373 e. The third-order valence-electron chi connectivity index (χ3n) is 5.90. The predicted molar refractivity (Wildman–Crippen MR) is 132 cm³/mol. The van der Waals surface area contributed by atoms with Gasteiger partial charge in [-0.25, -0.2) is 15.0 Å². The second-order valence-electron chi connectivity index (χ2n) is 7.97. The molecule has 0 saturated heterocycles. The Morgan fingerprint density at radius 2 is 1.74 bits per heavy atom. The Kier molecular flexibility index (Phi) is 5.48. The van der Waals surface area contributed by atoms with Gasteiger partial charge in [0, 0.05) is 30.7 Å². The maximum absolute atomic E-state index is 12.7. The molecular weight excluding hydrogens is 473 g/mol. The van der Waals surface area contributed by atoms with E-state index in [2.05, 4.69) is 9.97 Å². The standard InChI is InChI=1S/C25H19Cl2N5O2/c1-31-14-28-13-21(31)25(34,15-6-8-16(26)9-7-15)20-11-10-19-24(30-20)17(12-23(33)32(19)2)18-4-3-5-22(27)29-18/h3-14,34H,1-2H3. The molecule has 4 aromatic heterocycles. The smallest absolute Gasteiger partial charge is 0.251 e. The Labute approximate surface area is 204 Å². The zero-order valence-corrected chi connectivity index (χ0v) is 19.8. The van der Waals surface area contributed by atoms with Gasteiger partial charge in [0.2, 0.25) is 0 Å². The van der Waals surface area contributed by atoms with E-state index in [0.29, 0.717) is 49.4 Å². The lowest BCUT2D eigenvalue weighted by molar-refractivity contribution is 0.113. The second-order valence-corrected chi connectivity index (χ2v) is 8.80. The molecule has 0 aliphatic rings. The zero-order valence-electron chi connectivity index (χ0n) is 18.3. The first-order valence-corrected chi connectivity index (χ1v) is 11.1. The van der Waals surface area contributed by atoms with Crippen molar-refractivity contribution >= 4 is 34.2 Å². The molecule has 0 amide bonds. The molecule has 5 rings (SSSR count). The van der Waals surface area contributed by atoms with E-state index in [-0.39, 0.29) is 5.56 Å². The summed E-state index contributed by atoms with van der Waals surface area (Å²) in [6.07, 6.45) is 3.21. The van der Waals surface area contributed by atoms with Gasteiger partial charge in [-0.05, 0) is 42.0 Å². The molecule has 1 aromatic carbocycles. The summed E-state index contributed by atoms with van der Waals surface area (Å²) in [5.41, 5.74) is 1.72. The number of hydrogen-bond acceptors (Lipinski definition) is 5. The van der Waals surface area contributed by atoms with Gasteiger partial charge in [0.1, 0.15) is 5.15 Å². The highest BCUT2D eigenvalue weighted by Crippen LogP contribution is 2.37. The van der Waals surface area contributed by atoms with Crippen LogP contribution in [0.3, 0.4) is 0 Å². The van der Waals surface area contributed by atoms with Crippen LogP contribution in [0.25, 0.3) is 22.3 Å². The van der Waals surface area contributed by atoms with Gasteiger partial charge in [-0.1, -0.05) is 41.4 Å². The predicted octanol–water partition coefficient (Wildman–Crippen LogP) is 4.32. The van der Waals surface area contributed by atoms with Crippen LogP contribution in [0.4, 0.5) is 0 Å². The van der Waals surface area contributed by atoms with E-state index in [1.165, 1.54) is 10.6 Å². The molecular formula is C25H19Cl2N5O2. The molecule has 0 radical (unpaired) electrons. The number of benzene rings is 1. The SMILES string of the molecule is Cn1cncc1C(O)(c1ccc(Cl)cc1)c1ccc2c(n1)c(-c1cccc(Cl)n1)cc(=O)n2C. The highest BCUT2D eigenvalue weighted by Gasteiger charge is 2.38. The van der Waals surface area contributed by atoms with Crippen LogP contribution < -0.4 is 5.56 Å². The molecule has 9 heteroatoms. The van der Waals surface area contributed by atoms with Crippen LogP contribution in [0.1, 0.15) is 17.0 Å². The molecule has 170 valence electrons. The number of rotatable bonds is 4. The van der Waals surface area contributed by atoms with Gasteiger partial charge in [0.05, 0.1) is 40.6 Å². The van der Waals surface area contributed by atoms with E-state index in [1.54, 1.807) is 85.8 Å². The zero-order chi connectivity index (χ0) is 24.0. The van der Waals surface area contributed by atoms with Crippen molar-refractivity contribution in [3.8, 4) is 11.3 Å². The molecule has 0 saturated carbocycles. The van der Waals surface area contributed by atoms with Crippen molar-refractivity contribution in [3.63, 3.8) is 0 Å². The van der Waals surface area contributed by atoms with Crippen molar-refractivity contribution in [2.75, 3.05) is 0 Å². The molecule has 0 fully saturated rings. The van der Waals surface area contributed by atoms with Gasteiger partial charge < -0.3 is 14.2 Å². The lowest BCUT2D eigenvalue weighted by atomic mass is 9.86. The van der Waals surface area contributed by atoms with Crippen LogP contribution in [-0.2, 0) is 19.7 Å². The Hall–Kier alpha value is -3.52. The third kappa shape index (κ3) is 3.58. The fourth-order valence-corrected chi connectivity index (χ4v) is 4.40. The Balaban J connectivity index is 1.84. The first-order valence-electron chi connectivity index (χ1n) is 10.4. The van der Waals surface area contributed by atoms with Gasteiger partial charge >= 0.3 is 0 Å². The van der Waals surface area contributed by atoms with Crippen LogP contribution in [0.5, 0.6) is 0 Å². The minimum absolute atomic E-state index is 0.210. The number of aryl methyl sites for hydroxylation is 2. The van der Waals surface area contributed by atoms with Gasteiger partial charge in [-0.2, -0.15) is 0 Å². The van der Waals surface area contributed by atoms with E-state index < -0.39 is 5.60 Å². The fraction of sp³-hybridized carbons (Fsp3) is 0.120. The van der Waals surface area contributed by atoms with E-state index in [0.717, 1.165) is 0 Å². The summed E-state index contributed by atoms with van der Waals surface area (Å²) in [5, 5.41) is 13.1. The number of hydrogen-bond donors (Lipinski definition) is 1. The normalized spacial score (nSPS) is 13.2. The summed E-state index contributed by atoms with van der Waals surface area (Å²) < 4.78 is 3.24. The molecule has 7 nitrogen and oxygen atoms in total. The molecule has 1 N–H and O–H groups in total.